The molecule has 1 aromatic heterocycles. The Morgan fingerprint density at radius 1 is 1.43 bits per heavy atom. The smallest absolute Gasteiger partial charge is 0.0270 e. The molecule has 0 aliphatic carbocycles. The Hall–Kier alpha value is 0.564. The van der Waals surface area contributed by atoms with Crippen molar-refractivity contribution >= 4 is 28.5 Å². The van der Waals surface area contributed by atoms with E-state index >= 15 is 0 Å². The molecule has 2 heterocycles. The van der Waals surface area contributed by atoms with Crippen LogP contribution in [-0.2, 0) is 10.9 Å². The molecule has 0 spiro atoms. The van der Waals surface area contributed by atoms with Crippen molar-refractivity contribution in [3.05, 3.63) is 35.4 Å². The average Bonchev–Trinajstić information content (AvgIpc) is 2.73. The number of pyridine rings is 1. The summed E-state index contributed by atoms with van der Waals surface area (Å²) in [6, 6.07) is 6.41. The molecule has 81 valence electrons. The maximum absolute atomic E-state index is 4.44. The number of hydrogen-bond acceptors (Lipinski definition) is 1. The Labute approximate surface area is 105 Å². The number of hydrogen-bond donors (Lipinski definition) is 0. The third-order valence-electron chi connectivity index (χ3n) is 2.01. The molecule has 2 rings (SSSR count). The van der Waals surface area contributed by atoms with Crippen molar-refractivity contribution in [1.29, 1.82) is 0 Å². The molecule has 0 radical (unpaired) electrons. The minimum Gasteiger partial charge on any atom is -0.654 e. The van der Waals surface area contributed by atoms with E-state index in [1.54, 1.807) is 0 Å². The van der Waals surface area contributed by atoms with Gasteiger partial charge in [0, 0.05) is 11.9 Å². The van der Waals surface area contributed by atoms with Gasteiger partial charge in [-0.1, -0.05) is 24.9 Å². The van der Waals surface area contributed by atoms with Gasteiger partial charge in [-0.15, -0.1) is 6.54 Å². The van der Waals surface area contributed by atoms with Gasteiger partial charge in [0.1, 0.15) is 0 Å². The van der Waals surface area contributed by atoms with Crippen LogP contribution in [0.4, 0.5) is 0 Å². The molecule has 0 saturated carbocycles. The van der Waals surface area contributed by atoms with Crippen LogP contribution < -0.4 is 0 Å². The predicted molar refractivity (Wildman–Crippen MR) is 62.3 cm³/mol. The summed E-state index contributed by atoms with van der Waals surface area (Å²) in [4.78, 5) is 4.27. The molecule has 1 fully saturated rings. The van der Waals surface area contributed by atoms with E-state index in [-0.39, 0.29) is 0 Å². The molecular formula is C9H11Br2N2Ni. The van der Waals surface area contributed by atoms with E-state index in [0.717, 1.165) is 12.2 Å². The molecule has 1 atom stereocenters. The molecule has 1 aliphatic rings. The van der Waals surface area contributed by atoms with Gasteiger partial charge in [-0.05, 0) is 12.1 Å². The number of halogens is 2. The van der Waals surface area contributed by atoms with Crippen molar-refractivity contribution in [3.63, 3.8) is 0 Å². The summed E-state index contributed by atoms with van der Waals surface area (Å²) < 4.78 is 0. The van der Waals surface area contributed by atoms with Crippen molar-refractivity contribution in [3.8, 4) is 0 Å². The first kappa shape index (κ1) is 12.6. The maximum Gasteiger partial charge on any atom is 0.0270 e. The van der Waals surface area contributed by atoms with Crippen LogP contribution in [0.5, 0.6) is 0 Å². The van der Waals surface area contributed by atoms with E-state index in [9.17, 15) is 0 Å². The second-order valence-corrected chi connectivity index (χ2v) is 7.85. The molecule has 1 aliphatic heterocycles. The van der Waals surface area contributed by atoms with Gasteiger partial charge >= 0.3 is 39.3 Å². The molecule has 0 aromatic carbocycles. The number of nitrogens with zero attached hydrogens (tertiary/aromatic N) is 2. The summed E-state index contributed by atoms with van der Waals surface area (Å²) >= 11 is 6.00. The summed E-state index contributed by atoms with van der Waals surface area (Å²) in [6.07, 6.45) is 4.24. The van der Waals surface area contributed by atoms with Gasteiger partial charge in [0.25, 0.3) is 0 Å². The zero-order valence-corrected chi connectivity index (χ0v) is 11.6. The van der Waals surface area contributed by atoms with Crippen molar-refractivity contribution in [2.75, 3.05) is 6.54 Å². The molecular weight excluding hydrogens is 355 g/mol. The van der Waals surface area contributed by atoms with Gasteiger partial charge in [-0.3, -0.25) is 4.98 Å². The van der Waals surface area contributed by atoms with Gasteiger partial charge < -0.3 is 5.32 Å². The standard InChI is InChI=1S/C9H11N2.2BrH.Ni/c1-2-6-10-8(4-1)9-5-3-7-11-9;;;/h1-2,4,6,9H,3,5,7H2;2*1H;/q-1;;;+3/p-2. The minimum atomic E-state index is 0.385. The Morgan fingerprint density at radius 3 is 2.71 bits per heavy atom. The quantitative estimate of drug-likeness (QED) is 0.692. The normalized spacial score (nSPS) is 20.3. The van der Waals surface area contributed by atoms with Gasteiger partial charge in [-0.2, -0.15) is 0 Å². The van der Waals surface area contributed by atoms with Gasteiger partial charge in [0.15, 0.2) is 0 Å². The Balaban J connectivity index is 0.000000293. The molecule has 1 unspecified atom stereocenters. The summed E-state index contributed by atoms with van der Waals surface area (Å²) in [5, 5.41) is 4.44. The number of aromatic nitrogens is 1. The van der Waals surface area contributed by atoms with E-state index in [4.69, 9.17) is 0 Å². The van der Waals surface area contributed by atoms with Crippen molar-refractivity contribution in [2.45, 2.75) is 18.9 Å². The van der Waals surface area contributed by atoms with Gasteiger partial charge in [0.2, 0.25) is 0 Å². The topological polar surface area (TPSA) is 27.0 Å². The van der Waals surface area contributed by atoms with Crippen LogP contribution in [-0.4, -0.2) is 11.5 Å². The van der Waals surface area contributed by atoms with E-state index in [1.165, 1.54) is 23.7 Å². The fourth-order valence-corrected chi connectivity index (χ4v) is 1.44. The third-order valence-corrected chi connectivity index (χ3v) is 2.01. The van der Waals surface area contributed by atoms with Crippen LogP contribution >= 0.6 is 28.5 Å². The molecule has 0 amide bonds. The van der Waals surface area contributed by atoms with Gasteiger partial charge in [0.05, 0.1) is 0 Å². The van der Waals surface area contributed by atoms with Crippen molar-refractivity contribution < 1.29 is 10.9 Å². The Kier molecular flexibility index (Phi) is 7.04. The SMILES string of the molecule is [Br][Ni+][Br].c1ccc(C2CCC[N-]2)nc1. The molecule has 1 saturated heterocycles. The largest absolute Gasteiger partial charge is 0.654 e. The minimum absolute atomic E-state index is 0.385. The summed E-state index contributed by atoms with van der Waals surface area (Å²) in [5.41, 5.74) is 1.13. The van der Waals surface area contributed by atoms with E-state index < -0.39 is 0 Å². The molecule has 0 bridgehead atoms. The fourth-order valence-electron chi connectivity index (χ4n) is 1.44. The van der Waals surface area contributed by atoms with Crippen LogP contribution in [0.1, 0.15) is 24.6 Å². The Bertz CT molecular complexity index is 240. The first-order valence-corrected chi connectivity index (χ1v) is 9.16. The first-order valence-electron chi connectivity index (χ1n) is 4.28. The maximum atomic E-state index is 4.44. The molecule has 0 N–H and O–H groups in total. The molecule has 2 nitrogen and oxygen atoms in total. The van der Waals surface area contributed by atoms with Crippen LogP contribution in [0, 0.1) is 0 Å². The molecule has 5 heteroatoms. The van der Waals surface area contributed by atoms with E-state index in [1.807, 2.05) is 18.3 Å². The van der Waals surface area contributed by atoms with Crippen LogP contribution in [0.25, 0.3) is 5.32 Å². The third kappa shape index (κ3) is 4.39. The molecule has 14 heavy (non-hydrogen) atoms. The zero-order chi connectivity index (χ0) is 10.2. The summed E-state index contributed by atoms with van der Waals surface area (Å²) in [5.74, 6) is 0. The van der Waals surface area contributed by atoms with E-state index in [2.05, 4.69) is 44.8 Å². The summed E-state index contributed by atoms with van der Waals surface area (Å²) in [7, 11) is 1.25. The van der Waals surface area contributed by atoms with Gasteiger partial charge in [-0.25, -0.2) is 0 Å². The Morgan fingerprint density at radius 2 is 2.21 bits per heavy atom. The summed E-state index contributed by atoms with van der Waals surface area (Å²) in [6.45, 7) is 1.02. The van der Waals surface area contributed by atoms with Crippen molar-refractivity contribution in [2.24, 2.45) is 0 Å². The second kappa shape index (κ2) is 7.80. The second-order valence-electron chi connectivity index (χ2n) is 2.86. The van der Waals surface area contributed by atoms with Crippen molar-refractivity contribution in [1.82, 2.24) is 4.98 Å². The van der Waals surface area contributed by atoms with Crippen LogP contribution in [0.2, 0.25) is 0 Å². The first-order chi connectivity index (χ1) is 6.88. The molecule has 1 aromatic rings. The van der Waals surface area contributed by atoms with Crippen LogP contribution in [0.3, 0.4) is 0 Å². The van der Waals surface area contributed by atoms with E-state index in [0.29, 0.717) is 6.04 Å². The van der Waals surface area contributed by atoms with Crippen LogP contribution in [0.15, 0.2) is 24.4 Å². The fraction of sp³-hybridized carbons (Fsp3) is 0.444. The number of rotatable bonds is 1. The predicted octanol–water partition coefficient (Wildman–Crippen LogP) is 3.98. The monoisotopic (exact) mass is 363 g/mol. The average molecular weight is 366 g/mol. The zero-order valence-electron chi connectivity index (χ0n) is 7.47.